The van der Waals surface area contributed by atoms with E-state index in [9.17, 15) is 13.6 Å². The molecule has 0 saturated heterocycles. The minimum atomic E-state index is -3.37. The smallest absolute Gasteiger partial charge is 0.320 e. The number of nitrogens with one attached hydrogen (secondary N) is 1. The Morgan fingerprint density at radius 2 is 2.13 bits per heavy atom. The Bertz CT molecular complexity index is 392. The van der Waals surface area contributed by atoms with Crippen molar-refractivity contribution in [3.8, 4) is 0 Å². The van der Waals surface area contributed by atoms with Gasteiger partial charge in [0, 0.05) is 15.0 Å². The number of hydrogen-bond acceptors (Lipinski definition) is 1. The molecule has 1 amide bonds. The molecular weight excluding hydrogens is 383 g/mol. The molecule has 0 unspecified atom stereocenters. The Morgan fingerprint density at radius 3 is 2.67 bits per heavy atom. The van der Waals surface area contributed by atoms with E-state index in [1.165, 1.54) is 0 Å². The Hall–Kier alpha value is -0.240. The van der Waals surface area contributed by atoms with Crippen molar-refractivity contribution >= 4 is 50.1 Å². The van der Waals surface area contributed by atoms with E-state index in [1.54, 1.807) is 18.2 Å². The van der Waals surface area contributed by atoms with E-state index in [0.29, 0.717) is 17.1 Å². The lowest BCUT2D eigenvalue weighted by atomic mass is 10.3. The Morgan fingerprint density at radius 1 is 1.53 bits per heavy atom. The van der Waals surface area contributed by atoms with Gasteiger partial charge < -0.3 is 5.32 Å². The fourth-order valence-corrected chi connectivity index (χ4v) is 1.66. The summed E-state index contributed by atoms with van der Waals surface area (Å²) >= 11 is 5.19. The first-order valence-corrected chi connectivity index (χ1v) is 5.82. The molecule has 6 heteroatoms. The molecule has 0 fully saturated rings. The Labute approximate surface area is 108 Å². The lowest BCUT2D eigenvalue weighted by molar-refractivity contribution is -0.137. The van der Waals surface area contributed by atoms with Crippen LogP contribution in [0, 0.1) is 3.57 Å². The summed E-state index contributed by atoms with van der Waals surface area (Å²) in [7, 11) is 0. The molecule has 0 aliphatic rings. The third kappa shape index (κ3) is 3.67. The molecule has 0 atom stereocenters. The van der Waals surface area contributed by atoms with Crippen molar-refractivity contribution in [2.75, 3.05) is 5.32 Å². The summed E-state index contributed by atoms with van der Waals surface area (Å²) in [6.07, 6.45) is 0. The fourth-order valence-electron chi connectivity index (χ4n) is 0.825. The molecule has 0 saturated carbocycles. The van der Waals surface area contributed by atoms with Crippen molar-refractivity contribution in [1.82, 2.24) is 0 Å². The highest BCUT2D eigenvalue weighted by atomic mass is 127. The van der Waals surface area contributed by atoms with Gasteiger partial charge in [0.15, 0.2) is 0 Å². The summed E-state index contributed by atoms with van der Waals surface area (Å²) < 4.78 is 26.6. The number of anilines is 1. The molecule has 0 spiro atoms. The van der Waals surface area contributed by atoms with Crippen LogP contribution in [-0.4, -0.2) is 11.8 Å². The van der Waals surface area contributed by atoms with E-state index in [2.05, 4.69) is 21.2 Å². The van der Waals surface area contributed by atoms with Crippen LogP contribution in [-0.2, 0) is 4.79 Å². The van der Waals surface area contributed by atoms with Crippen LogP contribution in [0.4, 0.5) is 14.5 Å². The monoisotopic (exact) mass is 389 g/mol. The van der Waals surface area contributed by atoms with E-state index < -0.39 is 11.8 Å². The normalized spacial score (nSPS) is 11.3. The zero-order valence-electron chi connectivity index (χ0n) is 7.65. The summed E-state index contributed by atoms with van der Waals surface area (Å²) in [5, 5.41) is 2.15. The number of benzene rings is 1. The third-order valence-electron chi connectivity index (χ3n) is 1.58. The summed E-state index contributed by atoms with van der Waals surface area (Å²) in [6.45, 7) is 0.560. The highest BCUT2D eigenvalue weighted by Crippen LogP contribution is 2.26. The highest BCUT2D eigenvalue weighted by molar-refractivity contribution is 14.1. The average Bonchev–Trinajstić information content (AvgIpc) is 2.09. The first-order chi connectivity index (χ1) is 6.80. The van der Waals surface area contributed by atoms with E-state index in [4.69, 9.17) is 0 Å². The van der Waals surface area contributed by atoms with Crippen LogP contribution in [0.5, 0.6) is 0 Å². The highest BCUT2D eigenvalue weighted by Gasteiger charge is 2.32. The van der Waals surface area contributed by atoms with Crippen molar-refractivity contribution in [1.29, 1.82) is 0 Å². The Kier molecular flexibility index (Phi) is 4.05. The van der Waals surface area contributed by atoms with Gasteiger partial charge in [0.2, 0.25) is 0 Å². The molecule has 0 aliphatic carbocycles. The number of carbonyl (C=O) groups excluding carboxylic acids is 1. The molecule has 0 bridgehead atoms. The Balaban J connectivity index is 2.90. The largest absolute Gasteiger partial charge is 0.322 e. The second kappa shape index (κ2) is 4.73. The molecule has 1 aromatic carbocycles. The molecule has 82 valence electrons. The summed E-state index contributed by atoms with van der Waals surface area (Å²) in [5.74, 6) is -4.69. The number of carbonyl (C=O) groups is 1. The summed E-state index contributed by atoms with van der Waals surface area (Å²) in [4.78, 5) is 11.0. The topological polar surface area (TPSA) is 29.1 Å². The van der Waals surface area contributed by atoms with E-state index in [0.717, 1.165) is 3.57 Å². The van der Waals surface area contributed by atoms with Crippen LogP contribution >= 0.6 is 38.5 Å². The van der Waals surface area contributed by atoms with Crippen LogP contribution < -0.4 is 5.32 Å². The van der Waals surface area contributed by atoms with Crippen LogP contribution in [0.25, 0.3) is 0 Å². The van der Waals surface area contributed by atoms with Gasteiger partial charge in [-0.25, -0.2) is 0 Å². The number of hydrogen-bond donors (Lipinski definition) is 1. The molecule has 1 N–H and O–H groups in total. The predicted molar refractivity (Wildman–Crippen MR) is 66.1 cm³/mol. The molecule has 1 aromatic rings. The maximum absolute atomic E-state index is 12.6. The second-order valence-electron chi connectivity index (χ2n) is 2.97. The van der Waals surface area contributed by atoms with E-state index in [1.807, 2.05) is 22.6 Å². The zero-order valence-corrected chi connectivity index (χ0v) is 11.4. The van der Waals surface area contributed by atoms with Gasteiger partial charge in [-0.05, 0) is 56.7 Å². The molecule has 0 aliphatic heterocycles. The van der Waals surface area contributed by atoms with Gasteiger partial charge >= 0.3 is 5.92 Å². The van der Waals surface area contributed by atoms with Crippen molar-refractivity contribution in [2.45, 2.75) is 12.8 Å². The summed E-state index contributed by atoms with van der Waals surface area (Å²) in [6, 6.07) is 5.09. The average molecular weight is 390 g/mol. The maximum Gasteiger partial charge on any atom is 0.322 e. The van der Waals surface area contributed by atoms with E-state index >= 15 is 0 Å². The van der Waals surface area contributed by atoms with Gasteiger partial charge in [0.05, 0.1) is 5.69 Å². The molecule has 0 heterocycles. The number of alkyl halides is 2. The maximum atomic E-state index is 12.6. The van der Waals surface area contributed by atoms with Crippen LogP contribution in [0.2, 0.25) is 0 Å². The molecule has 0 radical (unpaired) electrons. The molecule has 1 rings (SSSR count). The molecular formula is C9H7BrF2INO. The minimum absolute atomic E-state index is 0.341. The van der Waals surface area contributed by atoms with Gasteiger partial charge in [-0.2, -0.15) is 8.78 Å². The van der Waals surface area contributed by atoms with Crippen LogP contribution in [0.1, 0.15) is 6.92 Å². The van der Waals surface area contributed by atoms with Crippen molar-refractivity contribution < 1.29 is 13.6 Å². The first-order valence-electron chi connectivity index (χ1n) is 3.95. The number of rotatable bonds is 2. The van der Waals surface area contributed by atoms with Crippen molar-refractivity contribution in [3.05, 3.63) is 26.2 Å². The first kappa shape index (κ1) is 12.8. The van der Waals surface area contributed by atoms with Crippen LogP contribution in [0.3, 0.4) is 0 Å². The zero-order chi connectivity index (χ0) is 11.6. The molecule has 2 nitrogen and oxygen atoms in total. The SMILES string of the molecule is CC(F)(F)C(=O)Nc1cc(I)ccc1Br. The minimum Gasteiger partial charge on any atom is -0.320 e. The lowest BCUT2D eigenvalue weighted by Gasteiger charge is -2.12. The summed E-state index contributed by atoms with van der Waals surface area (Å²) in [5.41, 5.74) is 0.341. The quantitative estimate of drug-likeness (QED) is 0.768. The fraction of sp³-hybridized carbons (Fsp3) is 0.222. The third-order valence-corrected chi connectivity index (χ3v) is 2.94. The van der Waals surface area contributed by atoms with Crippen molar-refractivity contribution in [3.63, 3.8) is 0 Å². The molecule has 15 heavy (non-hydrogen) atoms. The predicted octanol–water partition coefficient (Wildman–Crippen LogP) is 3.65. The van der Waals surface area contributed by atoms with Crippen LogP contribution in [0.15, 0.2) is 22.7 Å². The van der Waals surface area contributed by atoms with Gasteiger partial charge in [0.25, 0.3) is 5.91 Å². The van der Waals surface area contributed by atoms with Gasteiger partial charge in [-0.15, -0.1) is 0 Å². The number of amides is 1. The van der Waals surface area contributed by atoms with Gasteiger partial charge in [-0.3, -0.25) is 4.79 Å². The number of halogens is 4. The second-order valence-corrected chi connectivity index (χ2v) is 5.07. The van der Waals surface area contributed by atoms with Gasteiger partial charge in [0.1, 0.15) is 0 Å². The van der Waals surface area contributed by atoms with Crippen molar-refractivity contribution in [2.24, 2.45) is 0 Å². The standard InChI is InChI=1S/C9H7BrF2INO/c1-9(11,12)8(15)14-7-4-5(13)2-3-6(7)10/h2-4H,1H3,(H,14,15). The van der Waals surface area contributed by atoms with Gasteiger partial charge in [-0.1, -0.05) is 0 Å². The lowest BCUT2D eigenvalue weighted by Crippen LogP contribution is -2.31. The molecule has 0 aromatic heterocycles. The van der Waals surface area contributed by atoms with E-state index in [-0.39, 0.29) is 0 Å².